The number of halogens is 4. The molecule has 142 valence electrons. The molecular formula is C24H18Cl4. The number of hydrogen-bond acceptors (Lipinski definition) is 0. The Morgan fingerprint density at radius 1 is 0.607 bits per heavy atom. The molecule has 3 aromatic rings. The van der Waals surface area contributed by atoms with Gasteiger partial charge in [0.15, 0.2) is 0 Å². The van der Waals surface area contributed by atoms with Gasteiger partial charge in [0.2, 0.25) is 0 Å². The molecule has 3 aromatic carbocycles. The lowest BCUT2D eigenvalue weighted by Crippen LogP contribution is -2.30. The van der Waals surface area contributed by atoms with Crippen LogP contribution in [0.15, 0.2) is 72.8 Å². The predicted octanol–water partition coefficient (Wildman–Crippen LogP) is 6.98. The Kier molecular flexibility index (Phi) is 4.49. The van der Waals surface area contributed by atoms with Gasteiger partial charge in [-0.05, 0) is 46.2 Å². The van der Waals surface area contributed by atoms with Crippen LogP contribution in [0.3, 0.4) is 0 Å². The molecule has 5 rings (SSSR count). The minimum atomic E-state index is -0.776. The minimum Gasteiger partial charge on any atom is -0.120 e. The van der Waals surface area contributed by atoms with Gasteiger partial charge < -0.3 is 0 Å². The van der Waals surface area contributed by atoms with Gasteiger partial charge in [0.05, 0.1) is 10.8 Å². The fraction of sp³-hybridized carbons (Fsp3) is 0.250. The Morgan fingerprint density at radius 2 is 1.04 bits per heavy atom. The molecule has 0 amide bonds. The SMILES string of the molecule is Cl[C@@H]1Cc2ccccc2[C@]1(Cl)c1cccc([C@@]2(Cl)c3ccccc3C[C@@H]2Cl)c1. The summed E-state index contributed by atoms with van der Waals surface area (Å²) in [5, 5.41) is -0.452. The maximum atomic E-state index is 7.23. The lowest BCUT2D eigenvalue weighted by atomic mass is 9.86. The molecule has 0 spiro atoms. The van der Waals surface area contributed by atoms with E-state index < -0.39 is 9.75 Å². The summed E-state index contributed by atoms with van der Waals surface area (Å²) in [6, 6.07) is 24.6. The van der Waals surface area contributed by atoms with E-state index in [4.69, 9.17) is 46.4 Å². The molecule has 0 bridgehead atoms. The second-order valence-electron chi connectivity index (χ2n) is 7.66. The molecule has 0 fully saturated rings. The van der Waals surface area contributed by atoms with E-state index in [-0.39, 0.29) is 10.8 Å². The van der Waals surface area contributed by atoms with Gasteiger partial charge in [-0.1, -0.05) is 72.8 Å². The lowest BCUT2D eigenvalue weighted by Gasteiger charge is -2.31. The van der Waals surface area contributed by atoms with Gasteiger partial charge in [0, 0.05) is 0 Å². The Labute approximate surface area is 185 Å². The van der Waals surface area contributed by atoms with Crippen molar-refractivity contribution in [3.63, 3.8) is 0 Å². The van der Waals surface area contributed by atoms with Crippen molar-refractivity contribution in [2.75, 3.05) is 0 Å². The number of alkyl halides is 4. The molecule has 0 nitrogen and oxygen atoms in total. The van der Waals surface area contributed by atoms with Crippen LogP contribution in [0.5, 0.6) is 0 Å². The van der Waals surface area contributed by atoms with E-state index >= 15 is 0 Å². The zero-order valence-electron chi connectivity index (χ0n) is 15.0. The molecule has 0 unspecified atom stereocenters. The van der Waals surface area contributed by atoms with Crippen LogP contribution in [0.1, 0.15) is 33.4 Å². The summed E-state index contributed by atoms with van der Waals surface area (Å²) < 4.78 is 0. The van der Waals surface area contributed by atoms with E-state index in [9.17, 15) is 0 Å². The van der Waals surface area contributed by atoms with Crippen LogP contribution in [0, 0.1) is 0 Å². The summed E-state index contributed by atoms with van der Waals surface area (Å²) >= 11 is 28.0. The van der Waals surface area contributed by atoms with Gasteiger partial charge in [0.1, 0.15) is 9.75 Å². The van der Waals surface area contributed by atoms with Gasteiger partial charge in [0.25, 0.3) is 0 Å². The summed E-state index contributed by atoms with van der Waals surface area (Å²) in [6.45, 7) is 0. The topological polar surface area (TPSA) is 0 Å². The number of fused-ring (bicyclic) bond motifs is 2. The maximum absolute atomic E-state index is 7.23. The first-order valence-corrected chi connectivity index (χ1v) is 11.0. The zero-order valence-corrected chi connectivity index (χ0v) is 18.0. The van der Waals surface area contributed by atoms with E-state index in [1.807, 2.05) is 42.5 Å². The van der Waals surface area contributed by atoms with Gasteiger partial charge in [-0.15, -0.1) is 46.4 Å². The molecule has 28 heavy (non-hydrogen) atoms. The van der Waals surface area contributed by atoms with Crippen LogP contribution in [-0.2, 0) is 22.6 Å². The van der Waals surface area contributed by atoms with Crippen molar-refractivity contribution in [1.82, 2.24) is 0 Å². The third-order valence-corrected chi connectivity index (χ3v) is 8.74. The van der Waals surface area contributed by atoms with E-state index in [0.717, 1.165) is 35.1 Å². The molecule has 0 aliphatic heterocycles. The highest BCUT2D eigenvalue weighted by atomic mass is 35.5. The average Bonchev–Trinajstić information content (AvgIpc) is 3.14. The van der Waals surface area contributed by atoms with Crippen molar-refractivity contribution in [3.8, 4) is 0 Å². The molecule has 0 radical (unpaired) electrons. The minimum absolute atomic E-state index is 0.226. The quantitative estimate of drug-likeness (QED) is 0.371. The molecule has 0 saturated carbocycles. The number of rotatable bonds is 2. The van der Waals surface area contributed by atoms with Crippen LogP contribution in [-0.4, -0.2) is 10.8 Å². The maximum Gasteiger partial charge on any atom is 0.111 e. The van der Waals surface area contributed by atoms with Crippen LogP contribution >= 0.6 is 46.4 Å². The first kappa shape index (κ1) is 18.8. The van der Waals surface area contributed by atoms with Crippen LogP contribution < -0.4 is 0 Å². The average molecular weight is 448 g/mol. The molecule has 0 N–H and O–H groups in total. The third-order valence-electron chi connectivity index (χ3n) is 6.18. The summed E-state index contributed by atoms with van der Waals surface area (Å²) in [5.74, 6) is 0. The summed E-state index contributed by atoms with van der Waals surface area (Å²) in [6.07, 6.45) is 1.50. The fourth-order valence-electron chi connectivity index (χ4n) is 4.76. The van der Waals surface area contributed by atoms with Gasteiger partial charge in [-0.2, -0.15) is 0 Å². The van der Waals surface area contributed by atoms with Gasteiger partial charge in [-0.25, -0.2) is 0 Å². The van der Waals surface area contributed by atoms with E-state index in [1.54, 1.807) is 0 Å². The molecule has 4 heteroatoms. The van der Waals surface area contributed by atoms with Crippen molar-refractivity contribution >= 4 is 46.4 Å². The van der Waals surface area contributed by atoms with Crippen LogP contribution in [0.4, 0.5) is 0 Å². The zero-order chi connectivity index (χ0) is 19.5. The molecule has 2 aliphatic rings. The molecule has 0 heterocycles. The molecule has 0 saturated heterocycles. The van der Waals surface area contributed by atoms with Crippen molar-refractivity contribution in [3.05, 3.63) is 106 Å². The Morgan fingerprint density at radius 3 is 1.50 bits per heavy atom. The third kappa shape index (κ3) is 2.52. The second-order valence-corrected chi connectivity index (χ2v) is 9.91. The predicted molar refractivity (Wildman–Crippen MR) is 119 cm³/mol. The summed E-state index contributed by atoms with van der Waals surface area (Å²) in [7, 11) is 0. The largest absolute Gasteiger partial charge is 0.120 e. The van der Waals surface area contributed by atoms with E-state index in [1.165, 1.54) is 11.1 Å². The van der Waals surface area contributed by atoms with Crippen molar-refractivity contribution in [2.24, 2.45) is 0 Å². The highest BCUT2D eigenvalue weighted by Gasteiger charge is 2.49. The Hall–Kier alpha value is -1.18. The normalized spacial score (nSPS) is 30.9. The van der Waals surface area contributed by atoms with Crippen molar-refractivity contribution < 1.29 is 0 Å². The van der Waals surface area contributed by atoms with Crippen molar-refractivity contribution in [1.29, 1.82) is 0 Å². The van der Waals surface area contributed by atoms with Gasteiger partial charge in [-0.3, -0.25) is 0 Å². The van der Waals surface area contributed by atoms with E-state index in [2.05, 4.69) is 30.3 Å². The van der Waals surface area contributed by atoms with Crippen LogP contribution in [0.25, 0.3) is 0 Å². The van der Waals surface area contributed by atoms with E-state index in [0.29, 0.717) is 0 Å². The molecule has 4 atom stereocenters. The van der Waals surface area contributed by atoms with Gasteiger partial charge >= 0.3 is 0 Å². The summed E-state index contributed by atoms with van der Waals surface area (Å²) in [5.41, 5.74) is 6.47. The Balaban J connectivity index is 1.66. The second kappa shape index (κ2) is 6.67. The van der Waals surface area contributed by atoms with Crippen molar-refractivity contribution in [2.45, 2.75) is 33.3 Å². The standard InChI is InChI=1S/C24H18Cl4/c25-21-12-15-6-1-3-10-19(15)23(21,27)17-8-5-9-18(14-17)24(28)20-11-4-2-7-16(20)13-22(24)26/h1-11,14,21-22H,12-13H2/t21-,22+,23-,24-/m1/s1. The first-order chi connectivity index (χ1) is 13.5. The first-order valence-electron chi connectivity index (χ1n) is 9.39. The molecule has 0 aromatic heterocycles. The molecule has 2 aliphatic carbocycles. The Bertz CT molecular complexity index is 981. The highest BCUT2D eigenvalue weighted by molar-refractivity contribution is 6.36. The smallest absolute Gasteiger partial charge is 0.111 e. The summed E-state index contributed by atoms with van der Waals surface area (Å²) in [4.78, 5) is -1.55. The van der Waals surface area contributed by atoms with Crippen LogP contribution in [0.2, 0.25) is 0 Å². The highest BCUT2D eigenvalue weighted by Crippen LogP contribution is 2.53. The fourth-order valence-corrected chi connectivity index (χ4v) is 6.33. The lowest BCUT2D eigenvalue weighted by molar-refractivity contribution is 0.699. The number of hydrogen-bond donors (Lipinski definition) is 0. The number of benzene rings is 3. The molecular weight excluding hydrogens is 430 g/mol. The monoisotopic (exact) mass is 446 g/mol.